The molecule has 0 bridgehead atoms. The topological polar surface area (TPSA) is 52.6 Å². The Bertz CT molecular complexity index is 488. The van der Waals surface area contributed by atoms with Gasteiger partial charge in [-0.1, -0.05) is 20.3 Å². The van der Waals surface area contributed by atoms with Crippen molar-refractivity contribution in [3.63, 3.8) is 0 Å². The Hall–Kier alpha value is -1.58. The monoisotopic (exact) mass is 350 g/mol. The van der Waals surface area contributed by atoms with Gasteiger partial charge >= 0.3 is 0 Å². The van der Waals surface area contributed by atoms with Crippen LogP contribution in [-0.4, -0.2) is 24.8 Å². The second-order valence-electron chi connectivity index (χ2n) is 7.02. The predicted molar refractivity (Wildman–Crippen MR) is 100 cm³/mol. The maximum Gasteiger partial charge on any atom is 0.162 e. The zero-order valence-corrected chi connectivity index (χ0v) is 16.3. The number of carbonyl (C=O) groups is 2. The molecule has 1 unspecified atom stereocenters. The van der Waals surface area contributed by atoms with Gasteiger partial charge in [0.15, 0.2) is 11.6 Å². The van der Waals surface area contributed by atoms with Crippen LogP contribution in [0, 0.1) is 11.8 Å². The maximum absolute atomic E-state index is 11.7. The van der Waals surface area contributed by atoms with Gasteiger partial charge in [0.1, 0.15) is 0 Å². The van der Waals surface area contributed by atoms with Gasteiger partial charge in [0, 0.05) is 37.3 Å². The summed E-state index contributed by atoms with van der Waals surface area (Å²) in [7, 11) is 0. The summed E-state index contributed by atoms with van der Waals surface area (Å²) >= 11 is 0. The molecule has 4 heteroatoms. The summed E-state index contributed by atoms with van der Waals surface area (Å²) in [5.41, 5.74) is 0. The van der Waals surface area contributed by atoms with Gasteiger partial charge in [-0.2, -0.15) is 0 Å². The van der Waals surface area contributed by atoms with Crippen molar-refractivity contribution in [2.24, 2.45) is 11.8 Å². The zero-order valence-electron chi connectivity index (χ0n) is 16.3. The number of rotatable bonds is 7. The van der Waals surface area contributed by atoms with E-state index in [1.807, 2.05) is 13.8 Å². The van der Waals surface area contributed by atoms with E-state index in [1.54, 1.807) is 12.2 Å². The van der Waals surface area contributed by atoms with Crippen LogP contribution in [0.1, 0.15) is 72.6 Å². The first-order valence-electron chi connectivity index (χ1n) is 9.69. The van der Waals surface area contributed by atoms with Crippen molar-refractivity contribution in [3.8, 4) is 0 Å². The summed E-state index contributed by atoms with van der Waals surface area (Å²) in [6, 6.07) is 0. The van der Waals surface area contributed by atoms with E-state index in [1.165, 1.54) is 0 Å². The molecule has 0 aliphatic heterocycles. The van der Waals surface area contributed by atoms with Crippen molar-refractivity contribution >= 4 is 11.6 Å². The lowest BCUT2D eigenvalue weighted by Crippen LogP contribution is -2.18. The molecule has 0 N–H and O–H groups in total. The minimum Gasteiger partial charge on any atom is -0.498 e. The molecule has 0 saturated carbocycles. The Balaban J connectivity index is 0.000000271. The smallest absolute Gasteiger partial charge is 0.162 e. The van der Waals surface area contributed by atoms with Crippen LogP contribution in [0.3, 0.4) is 0 Å². The van der Waals surface area contributed by atoms with Crippen molar-refractivity contribution in [3.05, 3.63) is 23.7 Å². The number of hydrogen-bond donors (Lipinski definition) is 0. The fraction of sp³-hybridized carbons (Fsp3) is 0.714. The first-order valence-corrected chi connectivity index (χ1v) is 9.69. The molecule has 25 heavy (non-hydrogen) atoms. The van der Waals surface area contributed by atoms with E-state index in [-0.39, 0.29) is 17.5 Å². The van der Waals surface area contributed by atoms with Crippen molar-refractivity contribution in [2.45, 2.75) is 72.6 Å². The van der Waals surface area contributed by atoms with Crippen molar-refractivity contribution in [2.75, 3.05) is 13.2 Å². The van der Waals surface area contributed by atoms with E-state index < -0.39 is 0 Å². The molecule has 142 valence electrons. The Morgan fingerprint density at radius 1 is 1.00 bits per heavy atom. The number of hydrogen-bond acceptors (Lipinski definition) is 4. The number of ether oxygens (including phenoxy) is 2. The van der Waals surface area contributed by atoms with E-state index in [2.05, 4.69) is 13.8 Å². The molecule has 0 amide bonds. The van der Waals surface area contributed by atoms with Crippen LogP contribution in [0.5, 0.6) is 0 Å². The highest BCUT2D eigenvalue weighted by molar-refractivity contribution is 5.93. The Kier molecular flexibility index (Phi) is 10.2. The molecule has 0 fully saturated rings. The standard InChI is InChI=1S/C13H22O2.C8H12O2/c1-4-15-12-8-7-11(13(14)9-12)6-5-10(2)3;1-2-10-8-5-3-4-7(9)6-8/h9-11H,4-8H2,1-3H3;6H,2-5H2,1H3. The highest BCUT2D eigenvalue weighted by Crippen LogP contribution is 2.26. The average Bonchev–Trinajstić information content (AvgIpc) is 2.55. The van der Waals surface area contributed by atoms with Crippen LogP contribution in [0.2, 0.25) is 0 Å². The summed E-state index contributed by atoms with van der Waals surface area (Å²) in [5.74, 6) is 3.15. The molecule has 0 aromatic rings. The molecule has 0 aromatic heterocycles. The van der Waals surface area contributed by atoms with Gasteiger partial charge in [-0.3, -0.25) is 9.59 Å². The van der Waals surface area contributed by atoms with Crippen molar-refractivity contribution in [1.29, 1.82) is 0 Å². The van der Waals surface area contributed by atoms with Gasteiger partial charge in [0.2, 0.25) is 0 Å². The molecule has 0 radical (unpaired) electrons. The summed E-state index contributed by atoms with van der Waals surface area (Å²) in [4.78, 5) is 22.5. The molecule has 0 aromatic carbocycles. The van der Waals surface area contributed by atoms with E-state index in [0.29, 0.717) is 25.6 Å². The lowest BCUT2D eigenvalue weighted by atomic mass is 9.86. The van der Waals surface area contributed by atoms with E-state index >= 15 is 0 Å². The molecule has 2 aliphatic carbocycles. The van der Waals surface area contributed by atoms with Crippen molar-refractivity contribution in [1.82, 2.24) is 0 Å². The van der Waals surface area contributed by atoms with Crippen LogP contribution >= 0.6 is 0 Å². The van der Waals surface area contributed by atoms with Gasteiger partial charge in [0.05, 0.1) is 24.7 Å². The lowest BCUT2D eigenvalue weighted by Gasteiger charge is -2.21. The normalized spacial score (nSPS) is 20.4. The molecule has 0 saturated heterocycles. The summed E-state index contributed by atoms with van der Waals surface area (Å²) in [6.45, 7) is 9.62. The molecule has 1 atom stereocenters. The zero-order chi connectivity index (χ0) is 18.7. The number of allylic oxidation sites excluding steroid dienone is 4. The van der Waals surface area contributed by atoms with E-state index in [0.717, 1.165) is 50.0 Å². The van der Waals surface area contributed by atoms with Crippen LogP contribution in [0.4, 0.5) is 0 Å². The van der Waals surface area contributed by atoms with E-state index in [9.17, 15) is 9.59 Å². The second kappa shape index (κ2) is 11.9. The highest BCUT2D eigenvalue weighted by Gasteiger charge is 2.22. The molecule has 2 rings (SSSR count). The molecule has 0 spiro atoms. The van der Waals surface area contributed by atoms with Crippen LogP contribution in [0.25, 0.3) is 0 Å². The Morgan fingerprint density at radius 2 is 1.64 bits per heavy atom. The molecular weight excluding hydrogens is 316 g/mol. The highest BCUT2D eigenvalue weighted by atomic mass is 16.5. The first kappa shape index (κ1) is 21.5. The third kappa shape index (κ3) is 8.89. The van der Waals surface area contributed by atoms with Crippen LogP contribution in [-0.2, 0) is 19.1 Å². The average molecular weight is 350 g/mol. The van der Waals surface area contributed by atoms with Crippen molar-refractivity contribution < 1.29 is 19.1 Å². The predicted octanol–water partition coefficient (Wildman–Crippen LogP) is 4.98. The van der Waals surface area contributed by atoms with Crippen LogP contribution < -0.4 is 0 Å². The largest absolute Gasteiger partial charge is 0.498 e. The number of ketones is 2. The minimum atomic E-state index is 0.203. The van der Waals surface area contributed by atoms with Crippen LogP contribution in [0.15, 0.2) is 23.7 Å². The van der Waals surface area contributed by atoms with Gasteiger partial charge < -0.3 is 9.47 Å². The minimum absolute atomic E-state index is 0.203. The lowest BCUT2D eigenvalue weighted by molar-refractivity contribution is -0.119. The summed E-state index contributed by atoms with van der Waals surface area (Å²) in [5, 5.41) is 0. The fourth-order valence-corrected chi connectivity index (χ4v) is 2.99. The molecular formula is C21H34O4. The van der Waals surface area contributed by atoms with Gasteiger partial charge in [0.25, 0.3) is 0 Å². The molecule has 2 aliphatic rings. The first-order chi connectivity index (χ1) is 12.0. The third-order valence-corrected chi connectivity index (χ3v) is 4.37. The number of carbonyl (C=O) groups excluding carboxylic acids is 2. The third-order valence-electron chi connectivity index (χ3n) is 4.37. The maximum atomic E-state index is 11.7. The van der Waals surface area contributed by atoms with Gasteiger partial charge in [-0.15, -0.1) is 0 Å². The van der Waals surface area contributed by atoms with Gasteiger partial charge in [-0.05, 0) is 39.0 Å². The Labute approximate surface area is 152 Å². The summed E-state index contributed by atoms with van der Waals surface area (Å²) in [6.07, 6.45) is 9.98. The summed E-state index contributed by atoms with van der Waals surface area (Å²) < 4.78 is 10.6. The molecule has 4 nitrogen and oxygen atoms in total. The SMILES string of the molecule is CCOC1=CC(=O)C(CCC(C)C)CC1.CCOC1=CC(=O)CCC1. The second-order valence-corrected chi connectivity index (χ2v) is 7.02. The van der Waals surface area contributed by atoms with Gasteiger partial charge in [-0.25, -0.2) is 0 Å². The Morgan fingerprint density at radius 3 is 2.16 bits per heavy atom. The molecule has 0 heterocycles. The fourth-order valence-electron chi connectivity index (χ4n) is 2.99. The quantitative estimate of drug-likeness (QED) is 0.649. The van der Waals surface area contributed by atoms with E-state index in [4.69, 9.17) is 9.47 Å².